The SMILES string of the molecule is CNC(C)(CO)CN(CCOC)C(C)C1CC1. The zero-order valence-electron chi connectivity index (χ0n) is 11.7. The normalized spacial score (nSPS) is 21.5. The van der Waals surface area contributed by atoms with Gasteiger partial charge in [0.2, 0.25) is 0 Å². The Kier molecular flexibility index (Phi) is 5.86. The number of aliphatic hydroxyl groups excluding tert-OH is 1. The Hall–Kier alpha value is -0.160. The molecule has 2 atom stereocenters. The van der Waals surface area contributed by atoms with Crippen molar-refractivity contribution < 1.29 is 9.84 Å². The summed E-state index contributed by atoms with van der Waals surface area (Å²) in [7, 11) is 3.65. The van der Waals surface area contributed by atoms with Crippen LogP contribution in [0.3, 0.4) is 0 Å². The Morgan fingerprint density at radius 3 is 2.59 bits per heavy atom. The van der Waals surface area contributed by atoms with Gasteiger partial charge in [0.25, 0.3) is 0 Å². The van der Waals surface area contributed by atoms with Crippen molar-refractivity contribution in [1.82, 2.24) is 10.2 Å². The lowest BCUT2D eigenvalue weighted by Crippen LogP contribution is -2.55. The highest BCUT2D eigenvalue weighted by Crippen LogP contribution is 2.35. The number of nitrogens with one attached hydrogen (secondary N) is 1. The van der Waals surface area contributed by atoms with Gasteiger partial charge < -0.3 is 15.2 Å². The molecule has 0 radical (unpaired) electrons. The summed E-state index contributed by atoms with van der Waals surface area (Å²) in [5, 5.41) is 12.7. The van der Waals surface area contributed by atoms with Crippen LogP contribution in [0.5, 0.6) is 0 Å². The second kappa shape index (κ2) is 6.69. The topological polar surface area (TPSA) is 44.7 Å². The Balaban J connectivity index is 2.54. The first-order valence-electron chi connectivity index (χ1n) is 6.59. The molecule has 4 heteroatoms. The van der Waals surface area contributed by atoms with Crippen molar-refractivity contribution in [2.24, 2.45) is 5.92 Å². The Morgan fingerprint density at radius 1 is 1.53 bits per heavy atom. The fourth-order valence-electron chi connectivity index (χ4n) is 2.17. The number of ether oxygens (including phenoxy) is 1. The highest BCUT2D eigenvalue weighted by Gasteiger charge is 2.34. The molecular formula is C13H28N2O2. The monoisotopic (exact) mass is 244 g/mol. The molecule has 0 amide bonds. The van der Waals surface area contributed by atoms with Crippen LogP contribution in [0.15, 0.2) is 0 Å². The average molecular weight is 244 g/mol. The third kappa shape index (κ3) is 4.54. The Labute approximate surface area is 105 Å². The fourth-order valence-corrected chi connectivity index (χ4v) is 2.17. The number of nitrogens with zero attached hydrogens (tertiary/aromatic N) is 1. The molecule has 102 valence electrons. The van der Waals surface area contributed by atoms with Crippen molar-refractivity contribution in [2.45, 2.75) is 38.3 Å². The van der Waals surface area contributed by atoms with Gasteiger partial charge in [0.1, 0.15) is 0 Å². The molecule has 1 aliphatic rings. The van der Waals surface area contributed by atoms with Crippen molar-refractivity contribution in [1.29, 1.82) is 0 Å². The van der Waals surface area contributed by atoms with E-state index in [9.17, 15) is 5.11 Å². The number of hydrogen-bond acceptors (Lipinski definition) is 4. The molecule has 0 heterocycles. The maximum atomic E-state index is 9.48. The molecule has 0 aromatic carbocycles. The molecule has 0 bridgehead atoms. The zero-order chi connectivity index (χ0) is 12.9. The van der Waals surface area contributed by atoms with Crippen LogP contribution in [0.2, 0.25) is 0 Å². The van der Waals surface area contributed by atoms with E-state index in [1.807, 2.05) is 7.05 Å². The van der Waals surface area contributed by atoms with Gasteiger partial charge in [0.15, 0.2) is 0 Å². The molecular weight excluding hydrogens is 216 g/mol. The van der Waals surface area contributed by atoms with E-state index >= 15 is 0 Å². The second-order valence-electron chi connectivity index (χ2n) is 5.51. The van der Waals surface area contributed by atoms with Crippen molar-refractivity contribution >= 4 is 0 Å². The van der Waals surface area contributed by atoms with Gasteiger partial charge in [-0.15, -0.1) is 0 Å². The molecule has 0 saturated heterocycles. The summed E-state index contributed by atoms with van der Waals surface area (Å²) in [6, 6.07) is 0.587. The van der Waals surface area contributed by atoms with Crippen LogP contribution in [0.25, 0.3) is 0 Å². The van der Waals surface area contributed by atoms with Gasteiger partial charge in [-0.2, -0.15) is 0 Å². The fraction of sp³-hybridized carbons (Fsp3) is 1.00. The van der Waals surface area contributed by atoms with Gasteiger partial charge in [-0.25, -0.2) is 0 Å². The molecule has 4 nitrogen and oxygen atoms in total. The Morgan fingerprint density at radius 2 is 2.18 bits per heavy atom. The minimum atomic E-state index is -0.225. The third-order valence-corrected chi connectivity index (χ3v) is 3.97. The first-order chi connectivity index (χ1) is 8.06. The van der Waals surface area contributed by atoms with E-state index in [-0.39, 0.29) is 12.1 Å². The zero-order valence-corrected chi connectivity index (χ0v) is 11.7. The molecule has 0 spiro atoms. The minimum absolute atomic E-state index is 0.157. The summed E-state index contributed by atoms with van der Waals surface area (Å²) < 4.78 is 5.18. The number of likely N-dealkylation sites (N-methyl/N-ethyl adjacent to an activating group) is 1. The molecule has 0 aliphatic heterocycles. The number of aliphatic hydroxyl groups is 1. The van der Waals surface area contributed by atoms with Crippen molar-refractivity contribution in [3.63, 3.8) is 0 Å². The molecule has 1 aliphatic carbocycles. The standard InChI is InChI=1S/C13H28N2O2/c1-11(12-5-6-12)15(7-8-17-4)9-13(2,10-16)14-3/h11-12,14,16H,5-10H2,1-4H3. The first-order valence-corrected chi connectivity index (χ1v) is 6.59. The lowest BCUT2D eigenvalue weighted by atomic mass is 10.0. The van der Waals surface area contributed by atoms with Crippen molar-refractivity contribution in [3.8, 4) is 0 Å². The van der Waals surface area contributed by atoms with E-state index in [1.54, 1.807) is 7.11 Å². The molecule has 1 rings (SSSR count). The van der Waals surface area contributed by atoms with Gasteiger partial charge in [0, 0.05) is 26.2 Å². The van der Waals surface area contributed by atoms with E-state index < -0.39 is 0 Å². The summed E-state index contributed by atoms with van der Waals surface area (Å²) >= 11 is 0. The number of methoxy groups -OCH3 is 1. The summed E-state index contributed by atoms with van der Waals surface area (Å²) in [5.41, 5.74) is -0.225. The highest BCUT2D eigenvalue weighted by atomic mass is 16.5. The van der Waals surface area contributed by atoms with Gasteiger partial charge in [-0.3, -0.25) is 4.90 Å². The number of rotatable bonds is 9. The smallest absolute Gasteiger partial charge is 0.0623 e. The highest BCUT2D eigenvalue weighted by molar-refractivity contribution is 4.91. The third-order valence-electron chi connectivity index (χ3n) is 3.97. The van der Waals surface area contributed by atoms with Crippen LogP contribution in [0, 0.1) is 5.92 Å². The maximum absolute atomic E-state index is 9.48. The molecule has 2 unspecified atom stereocenters. The summed E-state index contributed by atoms with van der Waals surface area (Å²) in [5.74, 6) is 0.839. The lowest BCUT2D eigenvalue weighted by molar-refractivity contribution is 0.0710. The molecule has 2 N–H and O–H groups in total. The predicted octanol–water partition coefficient (Wildman–Crippen LogP) is 0.704. The van der Waals surface area contributed by atoms with Crippen LogP contribution in [0.1, 0.15) is 26.7 Å². The first kappa shape index (κ1) is 14.9. The van der Waals surface area contributed by atoms with Crippen LogP contribution in [-0.4, -0.2) is 62.0 Å². The largest absolute Gasteiger partial charge is 0.394 e. The minimum Gasteiger partial charge on any atom is -0.394 e. The summed E-state index contributed by atoms with van der Waals surface area (Å²) in [4.78, 5) is 2.44. The molecule has 1 fully saturated rings. The molecule has 0 aromatic heterocycles. The van der Waals surface area contributed by atoms with Gasteiger partial charge in [-0.1, -0.05) is 0 Å². The molecule has 17 heavy (non-hydrogen) atoms. The summed E-state index contributed by atoms with van der Waals surface area (Å²) in [6.45, 7) is 7.06. The van der Waals surface area contributed by atoms with Crippen LogP contribution in [-0.2, 0) is 4.74 Å². The van der Waals surface area contributed by atoms with E-state index in [1.165, 1.54) is 12.8 Å². The van der Waals surface area contributed by atoms with Crippen molar-refractivity contribution in [3.05, 3.63) is 0 Å². The van der Waals surface area contributed by atoms with Crippen molar-refractivity contribution in [2.75, 3.05) is 40.5 Å². The van der Waals surface area contributed by atoms with Crippen LogP contribution in [0.4, 0.5) is 0 Å². The van der Waals surface area contributed by atoms with E-state index in [2.05, 4.69) is 24.1 Å². The molecule has 1 saturated carbocycles. The van der Waals surface area contributed by atoms with E-state index in [0.29, 0.717) is 6.04 Å². The maximum Gasteiger partial charge on any atom is 0.0623 e. The quantitative estimate of drug-likeness (QED) is 0.627. The van der Waals surface area contributed by atoms with E-state index in [4.69, 9.17) is 4.74 Å². The van der Waals surface area contributed by atoms with Crippen LogP contribution < -0.4 is 5.32 Å². The Bertz CT molecular complexity index is 215. The molecule has 0 aromatic rings. The average Bonchev–Trinajstić information content (AvgIpc) is 3.17. The summed E-state index contributed by atoms with van der Waals surface area (Å²) in [6.07, 6.45) is 2.69. The van der Waals surface area contributed by atoms with Gasteiger partial charge >= 0.3 is 0 Å². The second-order valence-corrected chi connectivity index (χ2v) is 5.51. The number of hydrogen-bond donors (Lipinski definition) is 2. The van der Waals surface area contributed by atoms with Crippen LogP contribution >= 0.6 is 0 Å². The van der Waals surface area contributed by atoms with E-state index in [0.717, 1.165) is 25.6 Å². The van der Waals surface area contributed by atoms with Gasteiger partial charge in [0.05, 0.1) is 18.8 Å². The lowest BCUT2D eigenvalue weighted by Gasteiger charge is -2.37. The predicted molar refractivity (Wildman–Crippen MR) is 70.2 cm³/mol. The van der Waals surface area contributed by atoms with Gasteiger partial charge in [-0.05, 0) is 39.7 Å².